The molecule has 0 N–H and O–H groups in total. The Morgan fingerprint density at radius 1 is 1.29 bits per heavy atom. The predicted molar refractivity (Wildman–Crippen MR) is 90.3 cm³/mol. The van der Waals surface area contributed by atoms with E-state index in [2.05, 4.69) is 15.9 Å². The Morgan fingerprint density at radius 3 is 2.52 bits per heavy atom. The lowest BCUT2D eigenvalue weighted by atomic mass is 9.83. The van der Waals surface area contributed by atoms with Crippen molar-refractivity contribution in [2.24, 2.45) is 5.92 Å². The first-order valence-corrected chi connectivity index (χ1v) is 8.53. The van der Waals surface area contributed by atoms with Crippen molar-refractivity contribution in [2.45, 2.75) is 37.4 Å². The average molecular weight is 373 g/mol. The number of carbonyl (C=O) groups is 1. The minimum Gasteiger partial charge on any atom is -0.495 e. The highest BCUT2D eigenvalue weighted by Crippen LogP contribution is 2.43. The van der Waals surface area contributed by atoms with Gasteiger partial charge in [-0.2, -0.15) is 12.6 Å². The molecule has 0 heterocycles. The number of hydrogen-bond donors (Lipinski definition) is 1. The van der Waals surface area contributed by atoms with Crippen molar-refractivity contribution in [2.75, 3.05) is 14.2 Å². The van der Waals surface area contributed by atoms with Gasteiger partial charge in [-0.1, -0.05) is 25.3 Å². The molecular weight excluding hydrogens is 352 g/mol. The van der Waals surface area contributed by atoms with Gasteiger partial charge in [0.25, 0.3) is 0 Å². The monoisotopic (exact) mass is 372 g/mol. The molecule has 1 atom stereocenters. The van der Waals surface area contributed by atoms with Gasteiger partial charge >= 0.3 is 5.97 Å². The van der Waals surface area contributed by atoms with Gasteiger partial charge in [0.1, 0.15) is 11.3 Å². The summed E-state index contributed by atoms with van der Waals surface area (Å²) in [5.74, 6) is 0.642. The molecule has 1 aliphatic carbocycles. The van der Waals surface area contributed by atoms with Crippen molar-refractivity contribution in [1.82, 2.24) is 0 Å². The molecule has 1 unspecified atom stereocenters. The number of ether oxygens (including phenoxy) is 2. The van der Waals surface area contributed by atoms with Crippen LogP contribution in [0.2, 0.25) is 0 Å². The summed E-state index contributed by atoms with van der Waals surface area (Å²) in [5.41, 5.74) is 1.39. The molecule has 0 bridgehead atoms. The number of rotatable bonds is 4. The Bertz CT molecular complexity index is 512. The predicted octanol–water partition coefficient (Wildman–Crippen LogP) is 4.80. The molecule has 21 heavy (non-hydrogen) atoms. The zero-order chi connectivity index (χ0) is 15.4. The van der Waals surface area contributed by atoms with Gasteiger partial charge in [-0.05, 0) is 46.3 Å². The number of carbonyl (C=O) groups excluding carboxylic acids is 1. The van der Waals surface area contributed by atoms with Crippen molar-refractivity contribution >= 4 is 34.5 Å². The van der Waals surface area contributed by atoms with Crippen LogP contribution in [0, 0.1) is 5.92 Å². The Morgan fingerprint density at radius 2 is 1.95 bits per heavy atom. The first-order valence-electron chi connectivity index (χ1n) is 7.23. The highest BCUT2D eigenvalue weighted by molar-refractivity contribution is 9.10. The molecule has 2 rings (SSSR count). The van der Waals surface area contributed by atoms with Gasteiger partial charge in [-0.15, -0.1) is 0 Å². The third-order valence-corrected chi connectivity index (χ3v) is 5.47. The lowest BCUT2D eigenvalue weighted by molar-refractivity contribution is 0.0595. The zero-order valence-corrected chi connectivity index (χ0v) is 14.9. The molecule has 0 aromatic heterocycles. The molecule has 1 aromatic carbocycles. The molecule has 0 spiro atoms. The second-order valence-corrected chi connectivity index (χ2v) is 6.79. The van der Waals surface area contributed by atoms with E-state index in [0.29, 0.717) is 17.2 Å². The molecule has 5 heteroatoms. The Labute approximate surface area is 139 Å². The molecule has 0 amide bonds. The highest BCUT2D eigenvalue weighted by atomic mass is 79.9. The maximum absolute atomic E-state index is 12.2. The summed E-state index contributed by atoms with van der Waals surface area (Å²) in [6, 6.07) is 3.86. The number of benzene rings is 1. The maximum atomic E-state index is 12.2. The van der Waals surface area contributed by atoms with Crippen LogP contribution in [0.5, 0.6) is 5.75 Å². The highest BCUT2D eigenvalue weighted by Gasteiger charge is 2.29. The van der Waals surface area contributed by atoms with E-state index >= 15 is 0 Å². The lowest BCUT2D eigenvalue weighted by Gasteiger charge is -2.28. The van der Waals surface area contributed by atoms with E-state index in [1.807, 2.05) is 12.1 Å². The topological polar surface area (TPSA) is 35.5 Å². The second kappa shape index (κ2) is 7.54. The van der Waals surface area contributed by atoms with Gasteiger partial charge in [0.15, 0.2) is 0 Å². The summed E-state index contributed by atoms with van der Waals surface area (Å²) in [5, 5.41) is 0.0291. The van der Waals surface area contributed by atoms with Gasteiger partial charge in [-0.3, -0.25) is 0 Å². The molecule has 116 valence electrons. The largest absolute Gasteiger partial charge is 0.495 e. The van der Waals surface area contributed by atoms with Crippen LogP contribution in [0.3, 0.4) is 0 Å². The van der Waals surface area contributed by atoms with Gasteiger partial charge in [0.05, 0.1) is 18.7 Å². The Kier molecular flexibility index (Phi) is 5.99. The van der Waals surface area contributed by atoms with Crippen LogP contribution >= 0.6 is 28.6 Å². The van der Waals surface area contributed by atoms with E-state index in [1.54, 1.807) is 7.11 Å². The van der Waals surface area contributed by atoms with Gasteiger partial charge in [0.2, 0.25) is 0 Å². The molecule has 3 nitrogen and oxygen atoms in total. The van der Waals surface area contributed by atoms with Crippen LogP contribution in [-0.4, -0.2) is 20.2 Å². The zero-order valence-electron chi connectivity index (χ0n) is 12.4. The van der Waals surface area contributed by atoms with E-state index in [9.17, 15) is 4.79 Å². The third-order valence-electron chi connectivity index (χ3n) is 4.15. The van der Waals surface area contributed by atoms with E-state index in [-0.39, 0.29) is 11.2 Å². The summed E-state index contributed by atoms with van der Waals surface area (Å²) in [6.45, 7) is 0. The van der Waals surface area contributed by atoms with Crippen molar-refractivity contribution in [3.05, 3.63) is 27.7 Å². The molecule has 1 fully saturated rings. The number of halogens is 1. The average Bonchev–Trinajstić information content (AvgIpc) is 2.53. The van der Waals surface area contributed by atoms with Crippen LogP contribution in [0.25, 0.3) is 0 Å². The van der Waals surface area contributed by atoms with E-state index in [4.69, 9.17) is 22.1 Å². The fraction of sp³-hybridized carbons (Fsp3) is 0.562. The van der Waals surface area contributed by atoms with Gasteiger partial charge in [0, 0.05) is 5.25 Å². The van der Waals surface area contributed by atoms with E-state index < -0.39 is 0 Å². The fourth-order valence-electron chi connectivity index (χ4n) is 3.03. The summed E-state index contributed by atoms with van der Waals surface area (Å²) >= 11 is 8.23. The molecule has 0 saturated heterocycles. The van der Waals surface area contributed by atoms with Crippen molar-refractivity contribution < 1.29 is 14.3 Å². The Hall–Kier alpha value is -0.680. The fourth-order valence-corrected chi connectivity index (χ4v) is 4.04. The second-order valence-electron chi connectivity index (χ2n) is 5.38. The summed E-state index contributed by atoms with van der Waals surface area (Å²) in [4.78, 5) is 12.2. The number of hydrogen-bond acceptors (Lipinski definition) is 4. The lowest BCUT2D eigenvalue weighted by Crippen LogP contribution is -2.17. The third kappa shape index (κ3) is 3.57. The minimum atomic E-state index is -0.377. The first kappa shape index (κ1) is 16.7. The quantitative estimate of drug-likeness (QED) is 0.609. The van der Waals surface area contributed by atoms with Crippen LogP contribution in [0.15, 0.2) is 16.6 Å². The molecule has 1 aromatic rings. The van der Waals surface area contributed by atoms with E-state index in [1.165, 1.54) is 26.4 Å². The van der Waals surface area contributed by atoms with Crippen LogP contribution in [0.4, 0.5) is 0 Å². The van der Waals surface area contributed by atoms with Crippen LogP contribution < -0.4 is 4.74 Å². The van der Waals surface area contributed by atoms with Crippen molar-refractivity contribution in [3.63, 3.8) is 0 Å². The van der Waals surface area contributed by atoms with Gasteiger partial charge < -0.3 is 9.47 Å². The summed E-state index contributed by atoms with van der Waals surface area (Å²) < 4.78 is 11.1. The molecular formula is C16H21BrO3S. The molecule has 0 radical (unpaired) electrons. The number of methoxy groups -OCH3 is 2. The smallest absolute Gasteiger partial charge is 0.342 e. The standard InChI is InChI=1S/C16H21BrO3S/c1-19-14-12(17)9-8-11(13(14)16(18)20-2)15(21)10-6-4-3-5-7-10/h8-10,15,21H,3-7H2,1-2H3. The Balaban J connectivity index is 2.44. The normalized spacial score (nSPS) is 17.3. The van der Waals surface area contributed by atoms with E-state index in [0.717, 1.165) is 22.9 Å². The van der Waals surface area contributed by atoms with Crippen molar-refractivity contribution in [3.8, 4) is 5.75 Å². The summed E-state index contributed by atoms with van der Waals surface area (Å²) in [7, 11) is 2.95. The maximum Gasteiger partial charge on any atom is 0.342 e. The van der Waals surface area contributed by atoms with Crippen molar-refractivity contribution in [1.29, 1.82) is 0 Å². The summed E-state index contributed by atoms with van der Waals surface area (Å²) in [6.07, 6.45) is 6.09. The van der Waals surface area contributed by atoms with Crippen LogP contribution in [0.1, 0.15) is 53.3 Å². The SMILES string of the molecule is COC(=O)c1c(C(S)C2CCCCC2)ccc(Br)c1OC. The van der Waals surface area contributed by atoms with Gasteiger partial charge in [-0.25, -0.2) is 4.79 Å². The minimum absolute atomic E-state index is 0.0291. The first-order chi connectivity index (χ1) is 10.1. The van der Waals surface area contributed by atoms with Crippen LogP contribution in [-0.2, 0) is 4.74 Å². The molecule has 0 aliphatic heterocycles. The number of esters is 1. The molecule has 1 aliphatic rings. The number of thiol groups is 1. The molecule has 1 saturated carbocycles.